The van der Waals surface area contributed by atoms with Crippen molar-refractivity contribution in [3.05, 3.63) is 319 Å². The molecule has 4 aliphatic carbocycles. The highest BCUT2D eigenvalue weighted by atomic mass is 19.2. The number of fused-ring (bicyclic) bond motifs is 6. The maximum absolute atomic E-state index is 14.9. The van der Waals surface area contributed by atoms with Gasteiger partial charge in [-0.15, -0.1) is 0 Å². The number of hydrogen-bond acceptors (Lipinski definition) is 4. The molecule has 4 nitrogen and oxygen atoms in total. The number of unbranched alkanes of at least 4 members (excludes halogenated alkanes) is 6. The summed E-state index contributed by atoms with van der Waals surface area (Å²) in [5, 5.41) is 0. The largest absolute Gasteiger partial charge is 0.497 e. The maximum atomic E-state index is 14.9. The quantitative estimate of drug-likeness (QED) is 0.0362. The van der Waals surface area contributed by atoms with Crippen molar-refractivity contribution >= 4 is 0 Å². The van der Waals surface area contributed by atoms with Gasteiger partial charge in [-0.05, 0) is 284 Å². The molecule has 0 aromatic heterocycles. The third-order valence-electron chi connectivity index (χ3n) is 26.5. The van der Waals surface area contributed by atoms with Crippen LogP contribution in [0.5, 0.6) is 23.0 Å². The third-order valence-corrected chi connectivity index (χ3v) is 26.5. The van der Waals surface area contributed by atoms with Crippen molar-refractivity contribution < 1.29 is 84.8 Å². The molecule has 0 bridgehead atoms. The topological polar surface area (TPSA) is 36.9 Å². The Morgan fingerprint density at radius 3 is 0.993 bits per heavy atom. The van der Waals surface area contributed by atoms with Crippen molar-refractivity contribution in [1.82, 2.24) is 0 Å². The molecule has 16 rings (SSSR count). The fourth-order valence-electron chi connectivity index (χ4n) is 18.5. The summed E-state index contributed by atoms with van der Waals surface area (Å²) >= 11 is 0. The van der Waals surface area contributed by atoms with Gasteiger partial charge >= 0.3 is 0 Å². The molecule has 2 fully saturated rings. The van der Waals surface area contributed by atoms with Gasteiger partial charge in [0.2, 0.25) is 0 Å². The molecule has 0 atom stereocenters. The Morgan fingerprint density at radius 2 is 0.604 bits per heavy atom. The van der Waals surface area contributed by atoms with Crippen molar-refractivity contribution in [2.75, 3.05) is 27.4 Å². The van der Waals surface area contributed by atoms with Gasteiger partial charge in [0.05, 0.1) is 33.0 Å². The smallest absolute Gasteiger partial charge is 0.168 e. The van der Waals surface area contributed by atoms with Gasteiger partial charge in [-0.3, -0.25) is 0 Å². The van der Waals surface area contributed by atoms with Crippen LogP contribution in [0.3, 0.4) is 0 Å². The van der Waals surface area contributed by atoms with Crippen LogP contribution in [0.2, 0.25) is 0 Å². The number of benzene rings is 12. The van der Waals surface area contributed by atoms with E-state index in [-0.39, 0.29) is 67.8 Å². The van der Waals surface area contributed by atoms with Crippen LogP contribution >= 0.6 is 0 Å². The van der Waals surface area contributed by atoms with Crippen molar-refractivity contribution in [1.29, 1.82) is 0 Å². The molecular weight excluding hydrogens is 1730 g/mol. The van der Waals surface area contributed by atoms with Crippen LogP contribution in [-0.4, -0.2) is 27.4 Å². The summed E-state index contributed by atoms with van der Waals surface area (Å²) in [6.45, 7) is 17.3. The molecule has 12 aromatic rings. The van der Waals surface area contributed by atoms with Crippen LogP contribution in [0, 0.1) is 99.1 Å². The van der Waals surface area contributed by atoms with E-state index in [9.17, 15) is 65.9 Å². The van der Waals surface area contributed by atoms with Gasteiger partial charge < -0.3 is 18.9 Å². The first-order valence-electron chi connectivity index (χ1n) is 47.7. The monoisotopic (exact) mass is 1850 g/mol. The summed E-state index contributed by atoms with van der Waals surface area (Å²) < 4.78 is 242. The Bertz CT molecular complexity index is 5780. The second-order valence-electron chi connectivity index (χ2n) is 35.8. The normalized spacial score (nSPS) is 15.2. The van der Waals surface area contributed by atoms with Gasteiger partial charge in [-0.25, -0.2) is 65.9 Å². The molecular formula is C115H121F15O4. The zero-order valence-corrected chi connectivity index (χ0v) is 78.4. The summed E-state index contributed by atoms with van der Waals surface area (Å²) in [5.41, 5.74) is 9.28. The number of hydrogen-bond donors (Lipinski definition) is 0. The van der Waals surface area contributed by atoms with Crippen molar-refractivity contribution in [2.45, 2.75) is 241 Å². The number of halogens is 15. The molecule has 0 N–H and O–H groups in total. The fraction of sp³-hybridized carbons (Fsp3) is 0.374. The average molecular weight is 1850 g/mol. The number of ether oxygens (including phenoxy) is 4. The zero-order chi connectivity index (χ0) is 96.0. The summed E-state index contributed by atoms with van der Waals surface area (Å²) in [6.07, 6.45) is 23.5. The first-order valence-corrected chi connectivity index (χ1v) is 47.7. The Morgan fingerprint density at radius 1 is 0.269 bits per heavy atom. The lowest BCUT2D eigenvalue weighted by Crippen LogP contribution is -2.12. The van der Waals surface area contributed by atoms with Crippen LogP contribution in [0.4, 0.5) is 65.9 Å². The highest BCUT2D eigenvalue weighted by Crippen LogP contribution is 2.46. The van der Waals surface area contributed by atoms with Crippen LogP contribution in [0.15, 0.2) is 176 Å². The van der Waals surface area contributed by atoms with Gasteiger partial charge in [-0.2, -0.15) is 0 Å². The molecule has 12 aromatic carbocycles. The van der Waals surface area contributed by atoms with Gasteiger partial charge in [0.1, 0.15) is 40.6 Å². The third kappa shape index (κ3) is 24.4. The molecule has 0 amide bonds. The average Bonchev–Trinajstić information content (AvgIpc) is 0.640. The summed E-state index contributed by atoms with van der Waals surface area (Å²) in [4.78, 5) is 0. The molecule has 0 unspecified atom stereocenters. The van der Waals surface area contributed by atoms with Crippen LogP contribution in [-0.2, 0) is 51.4 Å². The molecule has 0 spiro atoms. The van der Waals surface area contributed by atoms with Gasteiger partial charge in [0.25, 0.3) is 0 Å². The second kappa shape index (κ2) is 48.3. The van der Waals surface area contributed by atoms with Crippen molar-refractivity contribution in [3.63, 3.8) is 0 Å². The standard InChI is InChI=1S/C26H24F6.C26H26F4.C26H31F3.C21H24F2O2.C16H16O2/c1-3-5-7-15-9-11-17(23(29)21(15)27)19-13-14-20(26(32)25(19)31)18-12-10-16(8-6-4-2)22(28)24(18)30;1-3-5-7-17-9-11-19(23(27)15-17)21-13-14-22(26(30)25(21)29)20-12-10-18(8-6-4-2)16-24(20)28;1-16-3-7-18(8-4-16)20-11-12-22(23(27)13-20)26-24(28)14-21(15-25(26)29)19-9-5-17(2)6-10-19;1-3-5-6-13-25-19-12-10-15-14-9-11-18(24-4-2)20(22)16(14)7-8-17(15)21(19)23;1-17-13-5-7-15-11(9-13)3-4-12-10-14(18-2)6-8-16(12)15/h9-14H,3-8H2,1-2H3;9-16H,3-8H2,1-2H3;11-19H,3-10H2,1-2H3;9-12H,3-8,13H2,1-2H3;5-10H,3-4H2,1-2H3. The molecule has 0 aliphatic heterocycles. The minimum Gasteiger partial charge on any atom is -0.497 e. The molecule has 710 valence electrons. The Kier molecular flexibility index (Phi) is 36.7. The number of rotatable bonds is 28. The molecule has 0 heterocycles. The molecule has 0 radical (unpaired) electrons. The fourth-order valence-corrected chi connectivity index (χ4v) is 18.5. The minimum atomic E-state index is -1.46. The molecule has 0 saturated heterocycles. The lowest BCUT2D eigenvalue weighted by molar-refractivity contribution is 0.290. The molecule has 4 aliphatic rings. The van der Waals surface area contributed by atoms with Crippen molar-refractivity contribution in [3.8, 4) is 101 Å². The first-order chi connectivity index (χ1) is 64.7. The van der Waals surface area contributed by atoms with Crippen molar-refractivity contribution in [2.24, 2.45) is 11.8 Å². The Hall–Kier alpha value is -11.2. The molecule has 19 heteroatoms. The maximum Gasteiger partial charge on any atom is 0.168 e. The molecule has 2 saturated carbocycles. The van der Waals surface area contributed by atoms with E-state index >= 15 is 0 Å². The predicted octanol–water partition coefficient (Wildman–Crippen LogP) is 34.3. The lowest BCUT2D eigenvalue weighted by Gasteiger charge is -2.27. The summed E-state index contributed by atoms with van der Waals surface area (Å²) in [7, 11) is 3.42. The van der Waals surface area contributed by atoms with Crippen LogP contribution in [0.25, 0.3) is 77.9 Å². The summed E-state index contributed by atoms with van der Waals surface area (Å²) in [6, 6.07) is 46.3. The van der Waals surface area contributed by atoms with E-state index in [0.29, 0.717) is 86.0 Å². The second-order valence-corrected chi connectivity index (χ2v) is 35.8. The van der Waals surface area contributed by atoms with Gasteiger partial charge in [0, 0.05) is 50.1 Å². The number of aryl methyl sites for hydroxylation is 6. The van der Waals surface area contributed by atoms with E-state index in [1.165, 1.54) is 101 Å². The highest BCUT2D eigenvalue weighted by Gasteiger charge is 2.31. The van der Waals surface area contributed by atoms with E-state index in [4.69, 9.17) is 18.9 Å². The van der Waals surface area contributed by atoms with Crippen LogP contribution < -0.4 is 18.9 Å². The van der Waals surface area contributed by atoms with E-state index in [1.54, 1.807) is 44.6 Å². The van der Waals surface area contributed by atoms with E-state index < -0.39 is 97.9 Å². The SMILES string of the molecule is CC1CCC(c2ccc(-c3c(F)cc(C4CCC(C)CC4)cc3F)c(F)c2)CC1.CCCCCOc1ccc2c(c1F)CCc1c-2ccc(OCC)c1F.CCCCc1ccc(-c2ccc(-c3ccc(CCCC)c(F)c3F)c(F)c2F)c(F)c1F.CCCCc1ccc(-c2ccc(-c3ccc(CCCC)cc3F)c(F)c2F)c(F)c1.COc1ccc2c(c1)CCc1cc(OC)ccc1-2. The minimum absolute atomic E-state index is 0.00594. The van der Waals surface area contributed by atoms with Crippen LogP contribution in [0.1, 0.15) is 245 Å². The van der Waals surface area contributed by atoms with E-state index in [0.717, 1.165) is 192 Å². The van der Waals surface area contributed by atoms with Gasteiger partial charge in [-0.1, -0.05) is 222 Å². The van der Waals surface area contributed by atoms with E-state index in [2.05, 4.69) is 45.0 Å². The summed E-state index contributed by atoms with van der Waals surface area (Å²) in [5.74, 6) is -9.32. The number of methoxy groups -OCH3 is 2. The lowest BCUT2D eigenvalue weighted by atomic mass is 9.78. The first kappa shape index (κ1) is 102. The Balaban J connectivity index is 0.000000152. The Labute approximate surface area is 780 Å². The zero-order valence-electron chi connectivity index (χ0n) is 78.4. The van der Waals surface area contributed by atoms with E-state index in [1.807, 2.05) is 65.0 Å². The predicted molar refractivity (Wildman–Crippen MR) is 509 cm³/mol. The molecule has 134 heavy (non-hydrogen) atoms. The van der Waals surface area contributed by atoms with Gasteiger partial charge in [0.15, 0.2) is 69.7 Å². The highest BCUT2D eigenvalue weighted by molar-refractivity contribution is 5.78.